The van der Waals surface area contributed by atoms with Crippen LogP contribution in [0.2, 0.25) is 0 Å². The van der Waals surface area contributed by atoms with Crippen LogP contribution >= 0.6 is 0 Å². The zero-order chi connectivity index (χ0) is 12.6. The molecule has 2 atom stereocenters. The van der Waals surface area contributed by atoms with Crippen LogP contribution in [0, 0.1) is 0 Å². The number of nitrogens with zero attached hydrogens (tertiary/aromatic N) is 2. The summed E-state index contributed by atoms with van der Waals surface area (Å²) in [6.07, 6.45) is 0.428. The molecule has 0 aromatic rings. The second kappa shape index (κ2) is 4.46. The van der Waals surface area contributed by atoms with Crippen LogP contribution < -0.4 is 0 Å². The summed E-state index contributed by atoms with van der Waals surface area (Å²) < 4.78 is 5.31. The molecule has 98 valence electrons. The summed E-state index contributed by atoms with van der Waals surface area (Å²) in [7, 11) is 0. The molecule has 2 aliphatic rings. The molecule has 2 rings (SSSR count). The van der Waals surface area contributed by atoms with Gasteiger partial charge >= 0.3 is 6.09 Å². The van der Waals surface area contributed by atoms with E-state index in [4.69, 9.17) is 4.74 Å². The Morgan fingerprint density at radius 2 is 1.94 bits per heavy atom. The third-order valence-electron chi connectivity index (χ3n) is 3.27. The third-order valence-corrected chi connectivity index (χ3v) is 3.27. The zero-order valence-electron chi connectivity index (χ0n) is 10.8. The van der Waals surface area contributed by atoms with Gasteiger partial charge in [-0.1, -0.05) is 0 Å². The molecule has 2 heterocycles. The molecule has 5 heteroatoms. The van der Waals surface area contributed by atoms with E-state index in [2.05, 4.69) is 4.90 Å². The van der Waals surface area contributed by atoms with E-state index in [0.29, 0.717) is 13.1 Å². The van der Waals surface area contributed by atoms with Gasteiger partial charge in [0, 0.05) is 6.54 Å². The van der Waals surface area contributed by atoms with Crippen LogP contribution in [0.15, 0.2) is 0 Å². The fraction of sp³-hybridized carbons (Fsp3) is 0.917. The molecule has 2 fully saturated rings. The maximum atomic E-state index is 11.9. The number of carbonyl (C=O) groups is 1. The van der Waals surface area contributed by atoms with Crippen LogP contribution in [-0.4, -0.2) is 64.9 Å². The van der Waals surface area contributed by atoms with Gasteiger partial charge in [0.2, 0.25) is 0 Å². The predicted octanol–water partition coefficient (Wildman–Crippen LogP) is 0.672. The van der Waals surface area contributed by atoms with Crippen LogP contribution in [0.4, 0.5) is 4.79 Å². The minimum atomic E-state index is -0.475. The molecule has 5 nitrogen and oxygen atoms in total. The number of likely N-dealkylation sites (tertiary alicyclic amines) is 2. The summed E-state index contributed by atoms with van der Waals surface area (Å²) >= 11 is 0. The normalized spacial score (nSPS) is 30.2. The van der Waals surface area contributed by atoms with Crippen molar-refractivity contribution >= 4 is 6.09 Å². The van der Waals surface area contributed by atoms with Crippen LogP contribution in [0.5, 0.6) is 0 Å². The largest absolute Gasteiger partial charge is 0.444 e. The van der Waals surface area contributed by atoms with Gasteiger partial charge in [-0.2, -0.15) is 0 Å². The average Bonchev–Trinajstić information content (AvgIpc) is 2.42. The molecule has 0 aromatic heterocycles. The number of hydrogen-bond donors (Lipinski definition) is 1. The van der Waals surface area contributed by atoms with Gasteiger partial charge in [0.05, 0.1) is 18.7 Å². The molecule has 0 spiro atoms. The molecule has 0 aliphatic carbocycles. The Bertz CT molecular complexity index is 297. The van der Waals surface area contributed by atoms with Gasteiger partial charge < -0.3 is 14.7 Å². The second-order valence-corrected chi connectivity index (χ2v) is 5.91. The Hall–Kier alpha value is -0.810. The quantitative estimate of drug-likeness (QED) is 0.734. The SMILES string of the molecule is CC(C)(C)OC(=O)N1CC(O)C(N2CCC2)C1. The van der Waals surface area contributed by atoms with Crippen molar-refractivity contribution < 1.29 is 14.6 Å². The Balaban J connectivity index is 1.89. The molecule has 0 saturated carbocycles. The summed E-state index contributed by atoms with van der Waals surface area (Å²) in [5.74, 6) is 0. The van der Waals surface area contributed by atoms with E-state index in [1.807, 2.05) is 20.8 Å². The van der Waals surface area contributed by atoms with Gasteiger partial charge in [-0.3, -0.25) is 4.90 Å². The van der Waals surface area contributed by atoms with Crippen LogP contribution in [0.1, 0.15) is 27.2 Å². The van der Waals surface area contributed by atoms with E-state index in [0.717, 1.165) is 13.1 Å². The van der Waals surface area contributed by atoms with Gasteiger partial charge in [-0.15, -0.1) is 0 Å². The molecule has 17 heavy (non-hydrogen) atoms. The smallest absolute Gasteiger partial charge is 0.410 e. The lowest BCUT2D eigenvalue weighted by Crippen LogP contribution is -2.50. The lowest BCUT2D eigenvalue weighted by Gasteiger charge is -2.37. The van der Waals surface area contributed by atoms with Crippen molar-refractivity contribution in [3.63, 3.8) is 0 Å². The van der Waals surface area contributed by atoms with Crippen molar-refractivity contribution in [3.05, 3.63) is 0 Å². The molecular formula is C12H22N2O3. The van der Waals surface area contributed by atoms with E-state index in [1.165, 1.54) is 6.42 Å². The van der Waals surface area contributed by atoms with Gasteiger partial charge in [0.25, 0.3) is 0 Å². The molecule has 2 unspecified atom stereocenters. The monoisotopic (exact) mass is 242 g/mol. The number of aliphatic hydroxyl groups is 1. The Kier molecular flexibility index (Phi) is 3.32. The highest BCUT2D eigenvalue weighted by Gasteiger charge is 2.40. The fourth-order valence-corrected chi connectivity index (χ4v) is 2.28. The molecule has 0 aromatic carbocycles. The zero-order valence-corrected chi connectivity index (χ0v) is 10.8. The molecule has 0 radical (unpaired) electrons. The van der Waals surface area contributed by atoms with Crippen LogP contribution in [-0.2, 0) is 4.74 Å². The maximum absolute atomic E-state index is 11.9. The summed E-state index contributed by atoms with van der Waals surface area (Å²) in [5.41, 5.74) is -0.475. The molecule has 2 saturated heterocycles. The maximum Gasteiger partial charge on any atom is 0.410 e. The molecule has 0 bridgehead atoms. The van der Waals surface area contributed by atoms with Crippen molar-refractivity contribution in [1.82, 2.24) is 9.80 Å². The molecular weight excluding hydrogens is 220 g/mol. The first-order chi connectivity index (χ1) is 7.87. The Morgan fingerprint density at radius 3 is 2.41 bits per heavy atom. The number of β-amino-alcohol motifs (C(OH)–C–C–N with tert-alkyl or cyclic N) is 1. The first kappa shape index (κ1) is 12.6. The number of carbonyl (C=O) groups excluding carboxylic acids is 1. The third kappa shape index (κ3) is 2.90. The Morgan fingerprint density at radius 1 is 1.29 bits per heavy atom. The lowest BCUT2D eigenvalue weighted by atomic mass is 10.1. The number of amides is 1. The molecule has 2 aliphatic heterocycles. The van der Waals surface area contributed by atoms with Gasteiger partial charge in [0.15, 0.2) is 0 Å². The van der Waals surface area contributed by atoms with E-state index < -0.39 is 11.7 Å². The van der Waals surface area contributed by atoms with Gasteiger partial charge in [-0.05, 0) is 40.3 Å². The minimum absolute atomic E-state index is 0.0938. The summed E-state index contributed by atoms with van der Waals surface area (Å²) in [6.45, 7) is 8.58. The topological polar surface area (TPSA) is 53.0 Å². The van der Waals surface area contributed by atoms with E-state index in [9.17, 15) is 9.90 Å². The number of aliphatic hydroxyl groups excluding tert-OH is 1. The number of ether oxygens (including phenoxy) is 1. The van der Waals surface area contributed by atoms with Crippen LogP contribution in [0.3, 0.4) is 0 Å². The molecule has 1 amide bonds. The highest BCUT2D eigenvalue weighted by atomic mass is 16.6. The second-order valence-electron chi connectivity index (χ2n) is 5.91. The van der Waals surface area contributed by atoms with Gasteiger partial charge in [0.1, 0.15) is 5.60 Å². The van der Waals surface area contributed by atoms with E-state index in [1.54, 1.807) is 4.90 Å². The molecule has 1 N–H and O–H groups in total. The minimum Gasteiger partial charge on any atom is -0.444 e. The predicted molar refractivity (Wildman–Crippen MR) is 63.8 cm³/mol. The van der Waals surface area contributed by atoms with Crippen molar-refractivity contribution in [2.24, 2.45) is 0 Å². The van der Waals surface area contributed by atoms with Crippen molar-refractivity contribution in [2.45, 2.75) is 44.9 Å². The first-order valence-corrected chi connectivity index (χ1v) is 6.27. The van der Waals surface area contributed by atoms with Gasteiger partial charge in [-0.25, -0.2) is 4.79 Å². The summed E-state index contributed by atoms with van der Waals surface area (Å²) in [5, 5.41) is 9.95. The van der Waals surface area contributed by atoms with Crippen molar-refractivity contribution in [2.75, 3.05) is 26.2 Å². The Labute approximate surface area is 102 Å². The van der Waals surface area contributed by atoms with Crippen molar-refractivity contribution in [3.8, 4) is 0 Å². The summed E-state index contributed by atoms with van der Waals surface area (Å²) in [4.78, 5) is 15.7. The standard InChI is InChI=1S/C12H22N2O3/c1-12(2,3)17-11(16)14-7-9(10(15)8-14)13-5-4-6-13/h9-10,15H,4-8H2,1-3H3. The summed E-state index contributed by atoms with van der Waals surface area (Å²) in [6, 6.07) is 0.0938. The van der Waals surface area contributed by atoms with Crippen LogP contribution in [0.25, 0.3) is 0 Å². The van der Waals surface area contributed by atoms with Crippen molar-refractivity contribution in [1.29, 1.82) is 0 Å². The number of hydrogen-bond acceptors (Lipinski definition) is 4. The first-order valence-electron chi connectivity index (χ1n) is 6.27. The highest BCUT2D eigenvalue weighted by Crippen LogP contribution is 2.22. The van der Waals surface area contributed by atoms with E-state index >= 15 is 0 Å². The number of rotatable bonds is 1. The van der Waals surface area contributed by atoms with E-state index in [-0.39, 0.29) is 12.1 Å². The highest BCUT2D eigenvalue weighted by molar-refractivity contribution is 5.68. The lowest BCUT2D eigenvalue weighted by molar-refractivity contribution is 0.0267. The fourth-order valence-electron chi connectivity index (χ4n) is 2.28. The average molecular weight is 242 g/mol.